The molecule has 1 amide bonds. The molecule has 1 heterocycles. The van der Waals surface area contributed by atoms with Crippen molar-refractivity contribution in [2.75, 3.05) is 19.6 Å². The summed E-state index contributed by atoms with van der Waals surface area (Å²) in [5.74, 6) is 0.236. The van der Waals surface area contributed by atoms with E-state index in [-0.39, 0.29) is 23.9 Å². The Morgan fingerprint density at radius 1 is 1.35 bits per heavy atom. The molecular weight excluding hydrogens is 214 g/mol. The van der Waals surface area contributed by atoms with Gasteiger partial charge in [0.15, 0.2) is 0 Å². The van der Waals surface area contributed by atoms with Crippen molar-refractivity contribution >= 4 is 5.91 Å². The first-order chi connectivity index (χ1) is 8.04. The second-order valence-electron chi connectivity index (χ2n) is 5.33. The molecule has 1 fully saturated rings. The maximum Gasteiger partial charge on any atom is 0.237 e. The Balaban J connectivity index is 2.29. The van der Waals surface area contributed by atoms with Crippen molar-refractivity contribution in [3.63, 3.8) is 0 Å². The maximum atomic E-state index is 11.9. The summed E-state index contributed by atoms with van der Waals surface area (Å²) in [5.41, 5.74) is 5.90. The highest BCUT2D eigenvalue weighted by Crippen LogP contribution is 2.08. The van der Waals surface area contributed by atoms with E-state index in [0.29, 0.717) is 0 Å². The lowest BCUT2D eigenvalue weighted by Crippen LogP contribution is -2.50. The number of rotatable bonds is 6. The van der Waals surface area contributed by atoms with Gasteiger partial charge in [-0.15, -0.1) is 0 Å². The molecule has 4 heteroatoms. The summed E-state index contributed by atoms with van der Waals surface area (Å²) in [6, 6.07) is -0.184. The highest BCUT2D eigenvalue weighted by Gasteiger charge is 2.22. The zero-order chi connectivity index (χ0) is 12.8. The molecule has 1 unspecified atom stereocenters. The Morgan fingerprint density at radius 3 is 2.47 bits per heavy atom. The van der Waals surface area contributed by atoms with Crippen molar-refractivity contribution in [1.82, 2.24) is 10.2 Å². The zero-order valence-electron chi connectivity index (χ0n) is 11.4. The first kappa shape index (κ1) is 14.5. The van der Waals surface area contributed by atoms with Gasteiger partial charge in [0.25, 0.3) is 0 Å². The summed E-state index contributed by atoms with van der Waals surface area (Å²) >= 11 is 0. The molecular formula is C13H27N3O. The first-order valence-corrected chi connectivity index (χ1v) is 6.83. The lowest BCUT2D eigenvalue weighted by atomic mass is 9.99. The molecule has 3 N–H and O–H groups in total. The van der Waals surface area contributed by atoms with Crippen LogP contribution in [0.15, 0.2) is 0 Å². The molecule has 0 aliphatic carbocycles. The van der Waals surface area contributed by atoms with Crippen LogP contribution in [-0.4, -0.2) is 42.5 Å². The number of amides is 1. The van der Waals surface area contributed by atoms with Crippen LogP contribution >= 0.6 is 0 Å². The molecule has 0 aromatic heterocycles. The van der Waals surface area contributed by atoms with Crippen molar-refractivity contribution in [1.29, 1.82) is 0 Å². The lowest BCUT2D eigenvalue weighted by molar-refractivity contribution is -0.124. The number of carbonyl (C=O) groups is 1. The molecule has 3 atom stereocenters. The molecule has 0 aromatic carbocycles. The number of hydrogen-bond acceptors (Lipinski definition) is 3. The van der Waals surface area contributed by atoms with Crippen molar-refractivity contribution in [2.24, 2.45) is 11.7 Å². The Kier molecular flexibility index (Phi) is 5.92. The van der Waals surface area contributed by atoms with Gasteiger partial charge in [0, 0.05) is 12.6 Å². The van der Waals surface area contributed by atoms with Crippen LogP contribution in [0, 0.1) is 5.92 Å². The molecule has 1 saturated heterocycles. The zero-order valence-corrected chi connectivity index (χ0v) is 11.4. The van der Waals surface area contributed by atoms with Crippen molar-refractivity contribution in [2.45, 2.75) is 52.1 Å². The highest BCUT2D eigenvalue weighted by atomic mass is 16.2. The smallest absolute Gasteiger partial charge is 0.237 e. The largest absolute Gasteiger partial charge is 0.351 e. The molecule has 0 aromatic rings. The Morgan fingerprint density at radius 2 is 1.94 bits per heavy atom. The van der Waals surface area contributed by atoms with E-state index in [9.17, 15) is 4.79 Å². The van der Waals surface area contributed by atoms with Crippen LogP contribution in [0.2, 0.25) is 0 Å². The molecule has 17 heavy (non-hydrogen) atoms. The van der Waals surface area contributed by atoms with Crippen molar-refractivity contribution in [3.05, 3.63) is 0 Å². The van der Waals surface area contributed by atoms with Gasteiger partial charge >= 0.3 is 0 Å². The normalized spacial score (nSPS) is 22.1. The van der Waals surface area contributed by atoms with E-state index in [1.807, 2.05) is 6.92 Å². The van der Waals surface area contributed by atoms with Gasteiger partial charge in [0.1, 0.15) is 0 Å². The monoisotopic (exact) mass is 241 g/mol. The van der Waals surface area contributed by atoms with Gasteiger partial charge in [0.2, 0.25) is 5.91 Å². The Hall–Kier alpha value is -0.610. The van der Waals surface area contributed by atoms with Crippen molar-refractivity contribution in [3.8, 4) is 0 Å². The second kappa shape index (κ2) is 6.97. The minimum Gasteiger partial charge on any atom is -0.351 e. The fourth-order valence-corrected chi connectivity index (χ4v) is 2.25. The van der Waals surface area contributed by atoms with Gasteiger partial charge in [-0.25, -0.2) is 0 Å². The average molecular weight is 241 g/mol. The summed E-state index contributed by atoms with van der Waals surface area (Å²) in [6.45, 7) is 9.41. The SMILES string of the molecule is CC[C@H](C)[C@H](N)C(=O)NC(C)CN1CCCC1. The molecule has 100 valence electrons. The predicted molar refractivity (Wildman–Crippen MR) is 70.7 cm³/mol. The van der Waals surface area contributed by atoms with E-state index >= 15 is 0 Å². The van der Waals surface area contributed by atoms with Crippen LogP contribution < -0.4 is 11.1 Å². The maximum absolute atomic E-state index is 11.9. The van der Waals surface area contributed by atoms with Crippen LogP contribution in [0.4, 0.5) is 0 Å². The summed E-state index contributed by atoms with van der Waals surface area (Å²) in [7, 11) is 0. The van der Waals surface area contributed by atoms with Gasteiger partial charge in [0.05, 0.1) is 6.04 Å². The first-order valence-electron chi connectivity index (χ1n) is 6.83. The van der Waals surface area contributed by atoms with E-state index < -0.39 is 0 Å². The van der Waals surface area contributed by atoms with Crippen LogP contribution in [0.1, 0.15) is 40.0 Å². The molecule has 1 aliphatic rings. The highest BCUT2D eigenvalue weighted by molar-refractivity contribution is 5.82. The summed E-state index contributed by atoms with van der Waals surface area (Å²) in [4.78, 5) is 14.3. The van der Waals surface area contributed by atoms with Gasteiger partial charge in [-0.2, -0.15) is 0 Å². The minimum absolute atomic E-state index is 0.00829. The van der Waals surface area contributed by atoms with E-state index in [4.69, 9.17) is 5.73 Å². The van der Waals surface area contributed by atoms with Gasteiger partial charge in [-0.3, -0.25) is 4.79 Å². The van der Waals surface area contributed by atoms with E-state index in [2.05, 4.69) is 24.1 Å². The third-order valence-electron chi connectivity index (χ3n) is 3.68. The summed E-state index contributed by atoms with van der Waals surface area (Å²) < 4.78 is 0. The number of carbonyl (C=O) groups excluding carboxylic acids is 1. The third kappa shape index (κ3) is 4.64. The average Bonchev–Trinajstić information content (AvgIpc) is 2.79. The fraction of sp³-hybridized carbons (Fsp3) is 0.923. The van der Waals surface area contributed by atoms with E-state index in [1.165, 1.54) is 12.8 Å². The molecule has 0 radical (unpaired) electrons. The van der Waals surface area contributed by atoms with Gasteiger partial charge in [-0.05, 0) is 38.8 Å². The third-order valence-corrected chi connectivity index (χ3v) is 3.68. The number of nitrogens with one attached hydrogen (secondary N) is 1. The fourth-order valence-electron chi connectivity index (χ4n) is 2.25. The topological polar surface area (TPSA) is 58.4 Å². The number of likely N-dealkylation sites (tertiary alicyclic amines) is 1. The number of nitrogens with two attached hydrogens (primary N) is 1. The van der Waals surface area contributed by atoms with Gasteiger partial charge < -0.3 is 16.0 Å². The van der Waals surface area contributed by atoms with Crippen LogP contribution in [-0.2, 0) is 4.79 Å². The standard InChI is InChI=1S/C13H27N3O/c1-4-10(2)12(14)13(17)15-11(3)9-16-7-5-6-8-16/h10-12H,4-9,14H2,1-3H3,(H,15,17)/t10-,11?,12-/m0/s1. The second-order valence-corrected chi connectivity index (χ2v) is 5.33. The molecule has 4 nitrogen and oxygen atoms in total. The predicted octanol–water partition coefficient (Wildman–Crippen LogP) is 0.960. The quantitative estimate of drug-likeness (QED) is 0.728. The summed E-state index contributed by atoms with van der Waals surface area (Å²) in [5, 5.41) is 3.02. The number of nitrogens with zero attached hydrogens (tertiary/aromatic N) is 1. The Bertz CT molecular complexity index is 239. The lowest BCUT2D eigenvalue weighted by Gasteiger charge is -2.24. The van der Waals surface area contributed by atoms with Crippen LogP contribution in [0.5, 0.6) is 0 Å². The van der Waals surface area contributed by atoms with Gasteiger partial charge in [-0.1, -0.05) is 20.3 Å². The molecule has 1 rings (SSSR count). The van der Waals surface area contributed by atoms with Crippen molar-refractivity contribution < 1.29 is 4.79 Å². The Labute approximate surface area is 105 Å². The number of hydrogen-bond donors (Lipinski definition) is 2. The molecule has 0 saturated carbocycles. The molecule has 0 spiro atoms. The van der Waals surface area contributed by atoms with E-state index in [0.717, 1.165) is 26.1 Å². The van der Waals surface area contributed by atoms with Crippen LogP contribution in [0.25, 0.3) is 0 Å². The van der Waals surface area contributed by atoms with Crippen LogP contribution in [0.3, 0.4) is 0 Å². The molecule has 0 bridgehead atoms. The molecule has 1 aliphatic heterocycles. The van der Waals surface area contributed by atoms with E-state index in [1.54, 1.807) is 0 Å². The minimum atomic E-state index is -0.374. The summed E-state index contributed by atoms with van der Waals surface area (Å²) in [6.07, 6.45) is 3.51.